The standard InChI is InChI=1S/C16H26ClN3O2.ClH/c1-11(2)10-20-16(17)15(12(3)18-20)13-6-4-8-19(13)9-5-7-14(21)22;/h11,13H,4-10H2,1-3H3,(H,21,22);1H. The topological polar surface area (TPSA) is 58.4 Å². The van der Waals surface area contributed by atoms with E-state index < -0.39 is 5.97 Å². The van der Waals surface area contributed by atoms with Gasteiger partial charge < -0.3 is 5.11 Å². The first-order chi connectivity index (χ1) is 10.4. The van der Waals surface area contributed by atoms with Gasteiger partial charge in [0, 0.05) is 24.6 Å². The maximum atomic E-state index is 10.7. The minimum Gasteiger partial charge on any atom is -0.481 e. The van der Waals surface area contributed by atoms with Crippen LogP contribution in [0.25, 0.3) is 0 Å². The number of hydrogen-bond donors (Lipinski definition) is 1. The molecule has 1 aromatic heterocycles. The predicted molar refractivity (Wildman–Crippen MR) is 94.5 cm³/mol. The number of likely N-dealkylation sites (tertiary alicyclic amines) is 1. The summed E-state index contributed by atoms with van der Waals surface area (Å²) in [4.78, 5) is 13.0. The van der Waals surface area contributed by atoms with Gasteiger partial charge in [0.25, 0.3) is 0 Å². The summed E-state index contributed by atoms with van der Waals surface area (Å²) < 4.78 is 1.91. The number of aryl methyl sites for hydroxylation is 1. The number of hydrogen-bond acceptors (Lipinski definition) is 3. The number of carboxylic acids is 1. The van der Waals surface area contributed by atoms with Crippen molar-refractivity contribution in [3.63, 3.8) is 0 Å². The Hall–Kier alpha value is -0.780. The van der Waals surface area contributed by atoms with Crippen LogP contribution in [0.2, 0.25) is 5.15 Å². The summed E-state index contributed by atoms with van der Waals surface area (Å²) in [6.07, 6.45) is 3.11. The van der Waals surface area contributed by atoms with Gasteiger partial charge in [0.2, 0.25) is 0 Å². The minimum absolute atomic E-state index is 0. The van der Waals surface area contributed by atoms with E-state index in [1.807, 2.05) is 11.6 Å². The van der Waals surface area contributed by atoms with Gasteiger partial charge in [-0.2, -0.15) is 5.10 Å². The number of halogens is 2. The Labute approximate surface area is 149 Å². The number of aliphatic carboxylic acids is 1. The lowest BCUT2D eigenvalue weighted by molar-refractivity contribution is -0.137. The van der Waals surface area contributed by atoms with Crippen molar-refractivity contribution < 1.29 is 9.90 Å². The molecule has 1 fully saturated rings. The lowest BCUT2D eigenvalue weighted by Gasteiger charge is -2.24. The summed E-state index contributed by atoms with van der Waals surface area (Å²) >= 11 is 6.58. The molecule has 0 amide bonds. The fourth-order valence-corrected chi connectivity index (χ4v) is 3.64. The summed E-state index contributed by atoms with van der Waals surface area (Å²) in [7, 11) is 0. The molecule has 0 spiro atoms. The average molecular weight is 364 g/mol. The molecule has 132 valence electrons. The normalized spacial score (nSPS) is 18.4. The third-order valence-corrected chi connectivity index (χ3v) is 4.58. The quantitative estimate of drug-likeness (QED) is 0.797. The van der Waals surface area contributed by atoms with Crippen LogP contribution in [0.4, 0.5) is 0 Å². The van der Waals surface area contributed by atoms with E-state index in [1.54, 1.807) is 0 Å². The molecule has 1 unspecified atom stereocenters. The third kappa shape index (κ3) is 5.10. The van der Waals surface area contributed by atoms with E-state index in [9.17, 15) is 4.79 Å². The van der Waals surface area contributed by atoms with Crippen molar-refractivity contribution in [3.8, 4) is 0 Å². The molecule has 1 N–H and O–H groups in total. The zero-order valence-corrected chi connectivity index (χ0v) is 15.7. The number of nitrogens with zero attached hydrogens (tertiary/aromatic N) is 3. The van der Waals surface area contributed by atoms with E-state index in [0.29, 0.717) is 12.3 Å². The predicted octanol–water partition coefficient (Wildman–Crippen LogP) is 3.92. The molecule has 0 aromatic carbocycles. The molecule has 0 saturated carbocycles. The van der Waals surface area contributed by atoms with Crippen LogP contribution in [0, 0.1) is 12.8 Å². The first kappa shape index (κ1) is 20.3. The summed E-state index contributed by atoms with van der Waals surface area (Å²) in [5, 5.41) is 14.1. The summed E-state index contributed by atoms with van der Waals surface area (Å²) in [5.41, 5.74) is 2.14. The molecule has 23 heavy (non-hydrogen) atoms. The zero-order valence-electron chi connectivity index (χ0n) is 14.1. The fraction of sp³-hybridized carbons (Fsp3) is 0.750. The van der Waals surface area contributed by atoms with Crippen molar-refractivity contribution in [2.24, 2.45) is 5.92 Å². The second-order valence-corrected chi connectivity index (χ2v) is 6.92. The number of rotatable bonds is 7. The second kappa shape index (κ2) is 8.90. The van der Waals surface area contributed by atoms with Crippen LogP contribution in [-0.2, 0) is 11.3 Å². The minimum atomic E-state index is -0.727. The molecule has 7 heteroatoms. The first-order valence-corrected chi connectivity index (χ1v) is 8.46. The Morgan fingerprint density at radius 3 is 2.78 bits per heavy atom. The lowest BCUT2D eigenvalue weighted by Crippen LogP contribution is -2.25. The molecule has 2 heterocycles. The third-order valence-electron chi connectivity index (χ3n) is 4.18. The van der Waals surface area contributed by atoms with Crippen LogP contribution in [0.15, 0.2) is 0 Å². The van der Waals surface area contributed by atoms with Gasteiger partial charge >= 0.3 is 5.97 Å². The Morgan fingerprint density at radius 1 is 1.48 bits per heavy atom. The van der Waals surface area contributed by atoms with Crippen LogP contribution >= 0.6 is 24.0 Å². The Morgan fingerprint density at radius 2 is 2.17 bits per heavy atom. The maximum absolute atomic E-state index is 10.7. The van der Waals surface area contributed by atoms with E-state index in [4.69, 9.17) is 16.7 Å². The van der Waals surface area contributed by atoms with Gasteiger partial charge in [-0.3, -0.25) is 14.4 Å². The van der Waals surface area contributed by atoms with E-state index >= 15 is 0 Å². The van der Waals surface area contributed by atoms with E-state index in [0.717, 1.165) is 48.9 Å². The van der Waals surface area contributed by atoms with Gasteiger partial charge in [0.05, 0.1) is 5.69 Å². The highest BCUT2D eigenvalue weighted by Gasteiger charge is 2.31. The van der Waals surface area contributed by atoms with Crippen molar-refractivity contribution in [2.75, 3.05) is 13.1 Å². The van der Waals surface area contributed by atoms with Crippen LogP contribution in [0.3, 0.4) is 0 Å². The molecule has 2 rings (SSSR count). The van der Waals surface area contributed by atoms with E-state index in [1.165, 1.54) is 0 Å². The summed E-state index contributed by atoms with van der Waals surface area (Å²) in [6.45, 7) is 8.97. The van der Waals surface area contributed by atoms with Gasteiger partial charge in [-0.05, 0) is 45.2 Å². The Balaban J connectivity index is 0.00000264. The highest BCUT2D eigenvalue weighted by Crippen LogP contribution is 2.38. The van der Waals surface area contributed by atoms with Crippen molar-refractivity contribution in [1.29, 1.82) is 0 Å². The summed E-state index contributed by atoms with van der Waals surface area (Å²) in [6, 6.07) is 0.280. The van der Waals surface area contributed by atoms with Crippen LogP contribution in [-0.4, -0.2) is 38.8 Å². The van der Waals surface area contributed by atoms with Gasteiger partial charge in [-0.15, -0.1) is 12.4 Å². The van der Waals surface area contributed by atoms with Crippen molar-refractivity contribution in [1.82, 2.24) is 14.7 Å². The molecule has 1 aliphatic heterocycles. The number of carboxylic acid groups (broad SMARTS) is 1. The molecular formula is C16H27Cl2N3O2. The first-order valence-electron chi connectivity index (χ1n) is 8.08. The maximum Gasteiger partial charge on any atom is 0.303 e. The fourth-order valence-electron chi connectivity index (χ4n) is 3.27. The highest BCUT2D eigenvalue weighted by molar-refractivity contribution is 6.30. The molecule has 1 aliphatic rings. The molecule has 1 saturated heterocycles. The smallest absolute Gasteiger partial charge is 0.303 e. The molecule has 5 nitrogen and oxygen atoms in total. The lowest BCUT2D eigenvalue weighted by atomic mass is 10.1. The van der Waals surface area contributed by atoms with Crippen molar-refractivity contribution >= 4 is 30.0 Å². The molecule has 0 bridgehead atoms. The second-order valence-electron chi connectivity index (χ2n) is 6.56. The van der Waals surface area contributed by atoms with Gasteiger partial charge in [-0.25, -0.2) is 0 Å². The zero-order chi connectivity index (χ0) is 16.3. The number of aromatic nitrogens is 2. The Bertz CT molecular complexity index is 532. The van der Waals surface area contributed by atoms with Crippen LogP contribution in [0.1, 0.15) is 56.8 Å². The number of carbonyl (C=O) groups is 1. The molecular weight excluding hydrogens is 337 g/mol. The van der Waals surface area contributed by atoms with Crippen LogP contribution in [0.5, 0.6) is 0 Å². The monoisotopic (exact) mass is 363 g/mol. The molecule has 1 atom stereocenters. The molecule has 1 aromatic rings. The van der Waals surface area contributed by atoms with E-state index in [-0.39, 0.29) is 24.9 Å². The van der Waals surface area contributed by atoms with Gasteiger partial charge in [0.1, 0.15) is 5.15 Å². The highest BCUT2D eigenvalue weighted by atomic mass is 35.5. The molecule has 0 aliphatic carbocycles. The Kier molecular flexibility index (Phi) is 7.84. The molecule has 0 radical (unpaired) electrons. The van der Waals surface area contributed by atoms with E-state index in [2.05, 4.69) is 23.8 Å². The largest absolute Gasteiger partial charge is 0.481 e. The van der Waals surface area contributed by atoms with Crippen molar-refractivity contribution in [3.05, 3.63) is 16.4 Å². The van der Waals surface area contributed by atoms with Gasteiger partial charge in [-0.1, -0.05) is 25.4 Å². The average Bonchev–Trinajstić information content (AvgIpc) is 2.94. The summed E-state index contributed by atoms with van der Waals surface area (Å²) in [5.74, 6) is -0.227. The van der Waals surface area contributed by atoms with Gasteiger partial charge in [0.15, 0.2) is 0 Å². The van der Waals surface area contributed by atoms with Crippen LogP contribution < -0.4 is 0 Å². The van der Waals surface area contributed by atoms with Crippen molar-refractivity contribution in [2.45, 2.75) is 59.0 Å². The SMILES string of the molecule is Cc1nn(CC(C)C)c(Cl)c1C1CCCN1CCCC(=O)O.Cl.